The van der Waals surface area contributed by atoms with E-state index in [2.05, 4.69) is 15.9 Å². The average Bonchev–Trinajstić information content (AvgIpc) is 2.09. The van der Waals surface area contributed by atoms with Crippen LogP contribution >= 0.6 is 27.5 Å². The summed E-state index contributed by atoms with van der Waals surface area (Å²) in [6.07, 6.45) is 3.48. The van der Waals surface area contributed by atoms with Gasteiger partial charge in [0, 0.05) is 16.6 Å². The van der Waals surface area contributed by atoms with Crippen LogP contribution in [0.15, 0.2) is 16.6 Å². The fourth-order valence-electron chi connectivity index (χ4n) is 1.91. The van der Waals surface area contributed by atoms with Crippen LogP contribution in [-0.4, -0.2) is 5.11 Å². The van der Waals surface area contributed by atoms with Crippen LogP contribution in [-0.2, 0) is 0 Å². The minimum absolute atomic E-state index is 0.149. The fraction of sp³-hybridized carbons (Fsp3) is 0.455. The molecular weight excluding hydrogens is 277 g/mol. The maximum Gasteiger partial charge on any atom is 0.136 e. The van der Waals surface area contributed by atoms with Gasteiger partial charge in [0.2, 0.25) is 0 Å². The summed E-state index contributed by atoms with van der Waals surface area (Å²) in [4.78, 5) is 0. The highest BCUT2D eigenvalue weighted by atomic mass is 79.9. The van der Waals surface area contributed by atoms with Gasteiger partial charge in [0.15, 0.2) is 0 Å². The molecule has 1 aliphatic rings. The summed E-state index contributed by atoms with van der Waals surface area (Å²) in [5.41, 5.74) is 6.78. The van der Waals surface area contributed by atoms with Gasteiger partial charge in [0.05, 0.1) is 4.47 Å². The van der Waals surface area contributed by atoms with Gasteiger partial charge in [-0.3, -0.25) is 0 Å². The molecule has 2 nitrogen and oxygen atoms in total. The molecule has 0 radical (unpaired) electrons. The van der Waals surface area contributed by atoms with Crippen LogP contribution in [0.4, 0.5) is 0 Å². The van der Waals surface area contributed by atoms with Gasteiger partial charge in [-0.25, -0.2) is 0 Å². The Morgan fingerprint density at radius 3 is 2.67 bits per heavy atom. The molecule has 4 heteroatoms. The van der Waals surface area contributed by atoms with Gasteiger partial charge >= 0.3 is 0 Å². The lowest BCUT2D eigenvalue weighted by Crippen LogP contribution is -2.27. The smallest absolute Gasteiger partial charge is 0.136 e. The summed E-state index contributed by atoms with van der Waals surface area (Å²) in [7, 11) is 0. The van der Waals surface area contributed by atoms with Crippen LogP contribution in [0.25, 0.3) is 0 Å². The van der Waals surface area contributed by atoms with Crippen molar-refractivity contribution in [1.29, 1.82) is 0 Å². The molecule has 0 amide bonds. The topological polar surface area (TPSA) is 46.2 Å². The summed E-state index contributed by atoms with van der Waals surface area (Å²) in [6, 6.07) is 3.34. The van der Waals surface area contributed by atoms with Crippen molar-refractivity contribution in [2.24, 2.45) is 11.7 Å². The number of hydrogen-bond acceptors (Lipinski definition) is 2. The Balaban J connectivity index is 2.36. The lowest BCUT2D eigenvalue weighted by atomic mass is 9.77. The van der Waals surface area contributed by atoms with E-state index >= 15 is 0 Å². The molecule has 0 aromatic heterocycles. The monoisotopic (exact) mass is 289 g/mol. The van der Waals surface area contributed by atoms with Gasteiger partial charge < -0.3 is 10.8 Å². The number of aromatic hydroxyl groups is 1. The third-order valence-corrected chi connectivity index (χ3v) is 4.08. The first-order valence-electron chi connectivity index (χ1n) is 5.03. The quantitative estimate of drug-likeness (QED) is 0.874. The van der Waals surface area contributed by atoms with Crippen molar-refractivity contribution < 1.29 is 5.11 Å². The van der Waals surface area contributed by atoms with E-state index in [-0.39, 0.29) is 11.8 Å². The van der Waals surface area contributed by atoms with E-state index < -0.39 is 0 Å². The van der Waals surface area contributed by atoms with Gasteiger partial charge in [-0.1, -0.05) is 18.0 Å². The Labute approximate surface area is 103 Å². The minimum Gasteiger partial charge on any atom is -0.506 e. The van der Waals surface area contributed by atoms with E-state index in [1.54, 1.807) is 12.1 Å². The third kappa shape index (κ3) is 2.01. The van der Waals surface area contributed by atoms with Gasteiger partial charge in [-0.2, -0.15) is 0 Å². The SMILES string of the molecule is N[C@H](c1c(Cl)ccc(Br)c1O)C1CCC1. The van der Waals surface area contributed by atoms with Crippen LogP contribution < -0.4 is 5.73 Å². The highest BCUT2D eigenvalue weighted by Gasteiger charge is 2.29. The Kier molecular flexibility index (Phi) is 3.24. The van der Waals surface area contributed by atoms with Crippen molar-refractivity contribution in [1.82, 2.24) is 0 Å². The Hall–Kier alpha value is -0.250. The van der Waals surface area contributed by atoms with E-state index in [1.807, 2.05) is 0 Å². The molecule has 3 N–H and O–H groups in total. The molecule has 1 aromatic carbocycles. The summed E-state index contributed by atoms with van der Waals surface area (Å²) >= 11 is 9.33. The zero-order valence-corrected chi connectivity index (χ0v) is 10.6. The molecule has 1 atom stereocenters. The molecule has 82 valence electrons. The van der Waals surface area contributed by atoms with Crippen LogP contribution in [0.2, 0.25) is 5.02 Å². The first-order chi connectivity index (χ1) is 7.11. The van der Waals surface area contributed by atoms with E-state index in [0.29, 0.717) is 21.0 Å². The standard InChI is InChI=1S/C11H13BrClNO/c12-7-4-5-8(13)9(11(7)15)10(14)6-2-1-3-6/h4-6,10,15H,1-3,14H2/t10-/m0/s1. The number of hydrogen-bond donors (Lipinski definition) is 2. The fourth-order valence-corrected chi connectivity index (χ4v) is 2.53. The van der Waals surface area contributed by atoms with Crippen LogP contribution in [0.3, 0.4) is 0 Å². The molecule has 1 aromatic rings. The summed E-state index contributed by atoms with van der Waals surface area (Å²) in [5, 5.41) is 10.5. The summed E-state index contributed by atoms with van der Waals surface area (Å²) in [6.45, 7) is 0. The Morgan fingerprint density at radius 2 is 2.13 bits per heavy atom. The van der Waals surface area contributed by atoms with Gasteiger partial charge in [0.25, 0.3) is 0 Å². The molecule has 15 heavy (non-hydrogen) atoms. The lowest BCUT2D eigenvalue weighted by Gasteiger charge is -2.32. The third-order valence-electron chi connectivity index (χ3n) is 3.11. The second-order valence-electron chi connectivity index (χ2n) is 4.01. The van der Waals surface area contributed by atoms with Crippen molar-refractivity contribution in [2.45, 2.75) is 25.3 Å². The number of halogens is 2. The van der Waals surface area contributed by atoms with E-state index in [0.717, 1.165) is 12.8 Å². The maximum absolute atomic E-state index is 9.91. The van der Waals surface area contributed by atoms with Crippen LogP contribution in [0, 0.1) is 5.92 Å². The first-order valence-corrected chi connectivity index (χ1v) is 6.21. The van der Waals surface area contributed by atoms with E-state index in [4.69, 9.17) is 17.3 Å². The largest absolute Gasteiger partial charge is 0.506 e. The number of phenolic OH excluding ortho intramolecular Hbond substituents is 1. The molecule has 1 fully saturated rings. The van der Waals surface area contributed by atoms with Crippen molar-refractivity contribution in [3.05, 3.63) is 27.2 Å². The van der Waals surface area contributed by atoms with Crippen molar-refractivity contribution >= 4 is 27.5 Å². The summed E-state index contributed by atoms with van der Waals surface area (Å²) in [5.74, 6) is 0.643. The van der Waals surface area contributed by atoms with Crippen molar-refractivity contribution in [3.63, 3.8) is 0 Å². The Morgan fingerprint density at radius 1 is 1.47 bits per heavy atom. The average molecular weight is 291 g/mol. The van der Waals surface area contributed by atoms with Crippen LogP contribution in [0.1, 0.15) is 30.9 Å². The molecule has 0 bridgehead atoms. The van der Waals surface area contributed by atoms with Gasteiger partial charge in [-0.15, -0.1) is 0 Å². The first kappa shape index (κ1) is 11.2. The zero-order valence-electron chi connectivity index (χ0n) is 8.21. The highest BCUT2D eigenvalue weighted by molar-refractivity contribution is 9.10. The number of benzene rings is 1. The molecule has 1 aliphatic carbocycles. The summed E-state index contributed by atoms with van der Waals surface area (Å²) < 4.78 is 0.650. The molecule has 0 aliphatic heterocycles. The maximum atomic E-state index is 9.91. The molecule has 0 heterocycles. The number of rotatable bonds is 2. The predicted molar refractivity (Wildman–Crippen MR) is 65.1 cm³/mol. The molecule has 0 saturated heterocycles. The molecule has 1 saturated carbocycles. The molecule has 0 spiro atoms. The van der Waals surface area contributed by atoms with Gasteiger partial charge in [-0.05, 0) is 46.8 Å². The van der Waals surface area contributed by atoms with Crippen molar-refractivity contribution in [3.8, 4) is 5.75 Å². The van der Waals surface area contributed by atoms with E-state index in [9.17, 15) is 5.11 Å². The number of phenols is 1. The Bertz CT molecular complexity index is 379. The van der Waals surface area contributed by atoms with Gasteiger partial charge in [0.1, 0.15) is 5.75 Å². The molecule has 0 unspecified atom stereocenters. The highest BCUT2D eigenvalue weighted by Crippen LogP contribution is 2.43. The van der Waals surface area contributed by atoms with Crippen LogP contribution in [0.5, 0.6) is 5.75 Å². The number of nitrogens with two attached hydrogens (primary N) is 1. The normalized spacial score (nSPS) is 18.6. The second kappa shape index (κ2) is 4.32. The van der Waals surface area contributed by atoms with E-state index in [1.165, 1.54) is 6.42 Å². The van der Waals surface area contributed by atoms with Crippen molar-refractivity contribution in [2.75, 3.05) is 0 Å². The second-order valence-corrected chi connectivity index (χ2v) is 5.27. The lowest BCUT2D eigenvalue weighted by molar-refractivity contribution is 0.260. The minimum atomic E-state index is -0.149. The molecular formula is C11H13BrClNO. The predicted octanol–water partition coefficient (Wildman–Crippen LogP) is 3.61. The zero-order chi connectivity index (χ0) is 11.0. The molecule has 2 rings (SSSR count).